The summed E-state index contributed by atoms with van der Waals surface area (Å²) < 4.78 is 0. The van der Waals surface area contributed by atoms with Crippen molar-refractivity contribution in [1.29, 1.82) is 0 Å². The molecule has 3 rings (SSSR count). The molecule has 130 valence electrons. The maximum absolute atomic E-state index is 11.7. The van der Waals surface area contributed by atoms with E-state index in [9.17, 15) is 9.59 Å². The van der Waals surface area contributed by atoms with E-state index >= 15 is 0 Å². The third-order valence-electron chi connectivity index (χ3n) is 5.73. The van der Waals surface area contributed by atoms with Crippen molar-refractivity contribution < 1.29 is 9.59 Å². The number of piperazine rings is 1. The van der Waals surface area contributed by atoms with Crippen molar-refractivity contribution in [3.63, 3.8) is 0 Å². The lowest BCUT2D eigenvalue weighted by Gasteiger charge is -2.39. The van der Waals surface area contributed by atoms with E-state index < -0.39 is 0 Å². The normalized spacial score (nSPS) is 30.4. The predicted octanol–water partition coefficient (Wildman–Crippen LogP) is 0.0932. The van der Waals surface area contributed by atoms with Crippen molar-refractivity contribution in [3.05, 3.63) is 0 Å². The van der Waals surface area contributed by atoms with Crippen LogP contribution in [0.5, 0.6) is 0 Å². The molecule has 0 aromatic carbocycles. The molecule has 3 saturated heterocycles. The smallest absolute Gasteiger partial charge is 0.222 e. The zero-order valence-corrected chi connectivity index (χ0v) is 14.5. The van der Waals surface area contributed by atoms with Gasteiger partial charge in [0, 0.05) is 78.3 Å². The molecule has 0 aromatic rings. The monoisotopic (exact) mass is 322 g/mol. The highest BCUT2D eigenvalue weighted by Crippen LogP contribution is 2.23. The van der Waals surface area contributed by atoms with Crippen LogP contribution in [0, 0.1) is 5.92 Å². The fourth-order valence-corrected chi connectivity index (χ4v) is 4.28. The quantitative estimate of drug-likeness (QED) is 0.736. The number of carbonyl (C=O) groups excluding carboxylic acids is 2. The maximum Gasteiger partial charge on any atom is 0.222 e. The molecular weight excluding hydrogens is 292 g/mol. The van der Waals surface area contributed by atoms with Gasteiger partial charge in [-0.05, 0) is 12.3 Å². The van der Waals surface area contributed by atoms with Gasteiger partial charge in [-0.2, -0.15) is 0 Å². The molecule has 0 saturated carbocycles. The summed E-state index contributed by atoms with van der Waals surface area (Å²) in [6.45, 7) is 12.8. The van der Waals surface area contributed by atoms with E-state index in [1.807, 2.05) is 9.80 Å². The van der Waals surface area contributed by atoms with Crippen LogP contribution in [0.15, 0.2) is 0 Å². The van der Waals surface area contributed by atoms with E-state index in [-0.39, 0.29) is 5.91 Å². The Bertz CT molecular complexity index is 448. The molecule has 6 heteroatoms. The molecule has 2 atom stereocenters. The molecule has 0 aliphatic carbocycles. The average Bonchev–Trinajstić information content (AvgIpc) is 3.11. The van der Waals surface area contributed by atoms with E-state index in [2.05, 4.69) is 16.7 Å². The van der Waals surface area contributed by atoms with E-state index in [0.29, 0.717) is 17.9 Å². The first kappa shape index (κ1) is 16.7. The van der Waals surface area contributed by atoms with Crippen LogP contribution in [-0.4, -0.2) is 96.4 Å². The topological polar surface area (TPSA) is 47.1 Å². The third kappa shape index (κ3) is 3.86. The summed E-state index contributed by atoms with van der Waals surface area (Å²) in [4.78, 5) is 32.2. The molecule has 23 heavy (non-hydrogen) atoms. The van der Waals surface area contributed by atoms with Gasteiger partial charge in [0.2, 0.25) is 11.8 Å². The highest BCUT2D eigenvalue weighted by molar-refractivity contribution is 5.78. The molecule has 0 bridgehead atoms. The molecule has 0 N–H and O–H groups in total. The number of rotatable bonds is 4. The second-order valence-corrected chi connectivity index (χ2v) is 7.33. The van der Waals surface area contributed by atoms with Gasteiger partial charge in [-0.25, -0.2) is 0 Å². The summed E-state index contributed by atoms with van der Waals surface area (Å²) in [5.41, 5.74) is 0. The molecule has 0 aromatic heterocycles. The molecule has 2 amide bonds. The van der Waals surface area contributed by atoms with Gasteiger partial charge in [-0.1, -0.05) is 6.92 Å². The fourth-order valence-electron chi connectivity index (χ4n) is 4.28. The van der Waals surface area contributed by atoms with Gasteiger partial charge in [0.1, 0.15) is 0 Å². The van der Waals surface area contributed by atoms with Crippen molar-refractivity contribution in [3.8, 4) is 0 Å². The zero-order chi connectivity index (χ0) is 16.4. The number of likely N-dealkylation sites (tertiary alicyclic amines) is 2. The van der Waals surface area contributed by atoms with Gasteiger partial charge in [0.15, 0.2) is 0 Å². The van der Waals surface area contributed by atoms with Crippen LogP contribution in [0.3, 0.4) is 0 Å². The van der Waals surface area contributed by atoms with Crippen molar-refractivity contribution in [1.82, 2.24) is 19.6 Å². The second kappa shape index (κ2) is 7.18. The number of amides is 2. The van der Waals surface area contributed by atoms with Gasteiger partial charge in [-0.3, -0.25) is 19.4 Å². The van der Waals surface area contributed by atoms with Crippen molar-refractivity contribution in [2.24, 2.45) is 5.92 Å². The Balaban J connectivity index is 1.45. The van der Waals surface area contributed by atoms with Gasteiger partial charge in [0.05, 0.1) is 0 Å². The Morgan fingerprint density at radius 1 is 1.09 bits per heavy atom. The van der Waals surface area contributed by atoms with Crippen LogP contribution in [0.2, 0.25) is 0 Å². The molecule has 3 aliphatic heterocycles. The maximum atomic E-state index is 11.7. The standard InChI is InChI=1S/C17H30N4O2/c1-14-12-18(6-7-21-5-3-4-17(21)23)13-16(14)20-10-8-19(9-11-20)15(2)22/h14,16H,3-13H2,1-2H3/t14-,16-/m1/s1. The fraction of sp³-hybridized carbons (Fsp3) is 0.882. The average molecular weight is 322 g/mol. The number of hydrogen-bond acceptors (Lipinski definition) is 4. The Hall–Kier alpha value is -1.14. The number of nitrogens with zero attached hydrogens (tertiary/aromatic N) is 4. The second-order valence-electron chi connectivity index (χ2n) is 7.33. The molecule has 3 heterocycles. The summed E-state index contributed by atoms with van der Waals surface area (Å²) in [5.74, 6) is 1.18. The summed E-state index contributed by atoms with van der Waals surface area (Å²) in [6.07, 6.45) is 1.76. The van der Waals surface area contributed by atoms with Crippen molar-refractivity contribution >= 4 is 11.8 Å². The van der Waals surface area contributed by atoms with Gasteiger partial charge >= 0.3 is 0 Å². The van der Waals surface area contributed by atoms with E-state index in [1.54, 1.807) is 6.92 Å². The summed E-state index contributed by atoms with van der Waals surface area (Å²) >= 11 is 0. The van der Waals surface area contributed by atoms with E-state index in [1.165, 1.54) is 0 Å². The first-order valence-corrected chi connectivity index (χ1v) is 9.04. The number of carbonyl (C=O) groups is 2. The molecule has 6 nitrogen and oxygen atoms in total. The summed E-state index contributed by atoms with van der Waals surface area (Å²) in [6, 6.07) is 0.596. The Kier molecular flexibility index (Phi) is 5.21. The lowest BCUT2D eigenvalue weighted by Crippen LogP contribution is -2.53. The molecule has 0 radical (unpaired) electrons. The van der Waals surface area contributed by atoms with Crippen LogP contribution in [-0.2, 0) is 9.59 Å². The van der Waals surface area contributed by atoms with Gasteiger partial charge < -0.3 is 9.80 Å². The van der Waals surface area contributed by atoms with Crippen LogP contribution >= 0.6 is 0 Å². The Morgan fingerprint density at radius 2 is 1.83 bits per heavy atom. The first-order valence-electron chi connectivity index (χ1n) is 9.04. The van der Waals surface area contributed by atoms with Gasteiger partial charge in [-0.15, -0.1) is 0 Å². The van der Waals surface area contributed by atoms with Crippen molar-refractivity contribution in [2.45, 2.75) is 32.7 Å². The molecule has 0 unspecified atom stereocenters. The highest BCUT2D eigenvalue weighted by Gasteiger charge is 2.35. The Labute approximate surface area is 139 Å². The van der Waals surface area contributed by atoms with Crippen LogP contribution in [0.1, 0.15) is 26.7 Å². The number of hydrogen-bond donors (Lipinski definition) is 0. The molecule has 3 fully saturated rings. The third-order valence-corrected chi connectivity index (χ3v) is 5.73. The lowest BCUT2D eigenvalue weighted by molar-refractivity contribution is -0.131. The van der Waals surface area contributed by atoms with Gasteiger partial charge in [0.25, 0.3) is 0 Å². The molecular formula is C17H30N4O2. The molecule has 0 spiro atoms. The predicted molar refractivity (Wildman–Crippen MR) is 89.0 cm³/mol. The zero-order valence-electron chi connectivity index (χ0n) is 14.5. The first-order chi connectivity index (χ1) is 11.0. The minimum atomic E-state index is 0.195. The van der Waals surface area contributed by atoms with E-state index in [4.69, 9.17) is 0 Å². The van der Waals surface area contributed by atoms with Crippen molar-refractivity contribution in [2.75, 3.05) is 58.9 Å². The molecule has 3 aliphatic rings. The summed E-state index contributed by atoms with van der Waals surface area (Å²) in [7, 11) is 0. The highest BCUT2D eigenvalue weighted by atomic mass is 16.2. The van der Waals surface area contributed by atoms with E-state index in [0.717, 1.165) is 71.7 Å². The van der Waals surface area contributed by atoms with Crippen LogP contribution in [0.4, 0.5) is 0 Å². The summed E-state index contributed by atoms with van der Waals surface area (Å²) in [5, 5.41) is 0. The lowest BCUT2D eigenvalue weighted by atomic mass is 10.0. The van der Waals surface area contributed by atoms with Crippen LogP contribution in [0.25, 0.3) is 0 Å². The minimum Gasteiger partial charge on any atom is -0.341 e. The SMILES string of the molecule is CC(=O)N1CCN([C@@H]2CN(CCN3CCCC3=O)C[C@H]2C)CC1. The Morgan fingerprint density at radius 3 is 2.43 bits per heavy atom. The largest absolute Gasteiger partial charge is 0.341 e. The van der Waals surface area contributed by atoms with Crippen LogP contribution < -0.4 is 0 Å². The minimum absolute atomic E-state index is 0.195.